The van der Waals surface area contributed by atoms with Gasteiger partial charge in [-0.2, -0.15) is 4.98 Å². The van der Waals surface area contributed by atoms with Crippen LogP contribution < -0.4 is 9.64 Å². The molecule has 2 aromatic rings. The van der Waals surface area contributed by atoms with Gasteiger partial charge in [0.1, 0.15) is 0 Å². The number of carbonyl (C=O) groups excluding carboxylic acids is 1. The van der Waals surface area contributed by atoms with Crippen LogP contribution in [0.3, 0.4) is 0 Å². The molecule has 1 amide bonds. The number of hydrogen-bond acceptors (Lipinski definition) is 6. The molecule has 0 aliphatic carbocycles. The molecule has 0 bridgehead atoms. The molecule has 0 unspecified atom stereocenters. The second-order valence-corrected chi connectivity index (χ2v) is 6.92. The number of nitrogens with zero attached hydrogens (tertiary/aromatic N) is 4. The van der Waals surface area contributed by atoms with Crippen LogP contribution in [0.25, 0.3) is 11.3 Å². The van der Waals surface area contributed by atoms with E-state index in [1.807, 2.05) is 45.0 Å². The molecule has 132 valence electrons. The number of aromatic nitrogens is 3. The predicted octanol–water partition coefficient (Wildman–Crippen LogP) is 3.91. The van der Waals surface area contributed by atoms with E-state index in [-0.39, 0.29) is 5.91 Å². The highest BCUT2D eigenvalue weighted by molar-refractivity contribution is 7.99. The van der Waals surface area contributed by atoms with Crippen molar-refractivity contribution in [1.29, 1.82) is 0 Å². The van der Waals surface area contributed by atoms with Crippen LogP contribution in [0.2, 0.25) is 0 Å². The monoisotopic (exact) mass is 358 g/mol. The summed E-state index contributed by atoms with van der Waals surface area (Å²) >= 11 is 1.51. The molecule has 0 N–H and O–H groups in total. The fourth-order valence-electron chi connectivity index (χ4n) is 2.86. The minimum absolute atomic E-state index is 0.0470. The Balaban J connectivity index is 2.15. The lowest BCUT2D eigenvalue weighted by molar-refractivity contribution is -0.120. The molecule has 1 aliphatic rings. The van der Waals surface area contributed by atoms with E-state index >= 15 is 0 Å². The molecular weight excluding hydrogens is 336 g/mol. The maximum atomic E-state index is 12.8. The Labute approximate surface area is 152 Å². The topological polar surface area (TPSA) is 68.2 Å². The quantitative estimate of drug-likeness (QED) is 0.755. The third-order valence-corrected chi connectivity index (χ3v) is 4.66. The summed E-state index contributed by atoms with van der Waals surface area (Å²) in [5.41, 5.74) is 2.21. The first-order valence-corrected chi connectivity index (χ1v) is 9.63. The number of rotatable bonds is 5. The highest BCUT2D eigenvalue weighted by Gasteiger charge is 2.33. The Morgan fingerprint density at radius 2 is 2.04 bits per heavy atom. The van der Waals surface area contributed by atoms with E-state index in [0.29, 0.717) is 29.6 Å². The molecule has 25 heavy (non-hydrogen) atoms. The normalized spacial score (nSPS) is 15.8. The SMILES string of the molecule is CCCC(=O)N1c2ccccc2-c2nnc(SCC)nc2O[C@H]1CC. The van der Waals surface area contributed by atoms with Crippen molar-refractivity contribution in [3.8, 4) is 17.1 Å². The van der Waals surface area contributed by atoms with Crippen molar-refractivity contribution in [1.82, 2.24) is 15.2 Å². The van der Waals surface area contributed by atoms with Crippen molar-refractivity contribution in [3.63, 3.8) is 0 Å². The molecule has 0 saturated heterocycles. The minimum Gasteiger partial charge on any atom is -0.451 e. The van der Waals surface area contributed by atoms with Crippen LogP contribution in [0.5, 0.6) is 5.88 Å². The third-order valence-electron chi connectivity index (χ3n) is 3.94. The van der Waals surface area contributed by atoms with Crippen LogP contribution in [-0.4, -0.2) is 33.1 Å². The van der Waals surface area contributed by atoms with E-state index in [1.165, 1.54) is 11.8 Å². The van der Waals surface area contributed by atoms with Crippen molar-refractivity contribution < 1.29 is 9.53 Å². The summed E-state index contributed by atoms with van der Waals surface area (Å²) in [5.74, 6) is 1.35. The van der Waals surface area contributed by atoms with Crippen LogP contribution in [0.15, 0.2) is 29.4 Å². The molecule has 6 nitrogen and oxygen atoms in total. The van der Waals surface area contributed by atoms with Gasteiger partial charge in [0.05, 0.1) is 5.69 Å². The average molecular weight is 358 g/mol. The number of benzene rings is 1. The summed E-state index contributed by atoms with van der Waals surface area (Å²) < 4.78 is 6.13. The van der Waals surface area contributed by atoms with Crippen LogP contribution >= 0.6 is 11.8 Å². The van der Waals surface area contributed by atoms with Gasteiger partial charge in [0.25, 0.3) is 0 Å². The van der Waals surface area contributed by atoms with Gasteiger partial charge in [0.2, 0.25) is 16.9 Å². The fourth-order valence-corrected chi connectivity index (χ4v) is 3.36. The maximum absolute atomic E-state index is 12.8. The zero-order valence-electron chi connectivity index (χ0n) is 14.7. The summed E-state index contributed by atoms with van der Waals surface area (Å²) in [5, 5.41) is 9.13. The molecule has 0 radical (unpaired) electrons. The van der Waals surface area contributed by atoms with Gasteiger partial charge in [-0.15, -0.1) is 10.2 Å². The molecule has 7 heteroatoms. The molecule has 1 aromatic heterocycles. The van der Waals surface area contributed by atoms with E-state index in [1.54, 1.807) is 4.90 Å². The maximum Gasteiger partial charge on any atom is 0.247 e. The second-order valence-electron chi connectivity index (χ2n) is 5.69. The molecule has 0 fully saturated rings. The Morgan fingerprint density at radius 3 is 2.76 bits per heavy atom. The van der Waals surface area contributed by atoms with E-state index in [0.717, 1.165) is 23.4 Å². The predicted molar refractivity (Wildman–Crippen MR) is 98.8 cm³/mol. The summed E-state index contributed by atoms with van der Waals surface area (Å²) in [4.78, 5) is 19.1. The molecule has 0 saturated carbocycles. The van der Waals surface area contributed by atoms with Gasteiger partial charge in [0, 0.05) is 18.4 Å². The molecule has 3 rings (SSSR count). The van der Waals surface area contributed by atoms with E-state index in [9.17, 15) is 4.79 Å². The first kappa shape index (κ1) is 17.7. The third kappa shape index (κ3) is 3.46. The number of fused-ring (bicyclic) bond motifs is 3. The highest BCUT2D eigenvalue weighted by Crippen LogP contribution is 2.40. The Bertz CT molecular complexity index is 768. The number of carbonyl (C=O) groups is 1. The first-order valence-electron chi connectivity index (χ1n) is 8.65. The van der Waals surface area contributed by atoms with Gasteiger partial charge >= 0.3 is 0 Å². The smallest absolute Gasteiger partial charge is 0.247 e. The van der Waals surface area contributed by atoms with Crippen LogP contribution in [0.4, 0.5) is 5.69 Å². The first-order chi connectivity index (χ1) is 12.2. The molecule has 1 aromatic carbocycles. The zero-order valence-corrected chi connectivity index (χ0v) is 15.5. The van der Waals surface area contributed by atoms with Crippen molar-refractivity contribution in [2.75, 3.05) is 10.7 Å². The molecule has 1 aliphatic heterocycles. The number of anilines is 1. The van der Waals surface area contributed by atoms with Gasteiger partial charge in [-0.1, -0.05) is 50.7 Å². The lowest BCUT2D eigenvalue weighted by Crippen LogP contribution is -2.43. The highest BCUT2D eigenvalue weighted by atomic mass is 32.2. The van der Waals surface area contributed by atoms with Gasteiger partial charge < -0.3 is 4.74 Å². The average Bonchev–Trinajstić information content (AvgIpc) is 2.76. The number of ether oxygens (including phenoxy) is 1. The summed E-state index contributed by atoms with van der Waals surface area (Å²) in [6.07, 6.45) is 1.51. The summed E-state index contributed by atoms with van der Waals surface area (Å²) in [7, 11) is 0. The van der Waals surface area contributed by atoms with Crippen molar-refractivity contribution >= 4 is 23.4 Å². The van der Waals surface area contributed by atoms with Crippen LogP contribution in [0, 0.1) is 0 Å². The van der Waals surface area contributed by atoms with Crippen LogP contribution in [-0.2, 0) is 4.79 Å². The Hall–Kier alpha value is -2.15. The molecule has 0 spiro atoms. The Morgan fingerprint density at radius 1 is 1.24 bits per heavy atom. The summed E-state index contributed by atoms with van der Waals surface area (Å²) in [6, 6.07) is 7.71. The fraction of sp³-hybridized carbons (Fsp3) is 0.444. The number of thioether (sulfide) groups is 1. The lowest BCUT2D eigenvalue weighted by Gasteiger charge is -2.29. The zero-order chi connectivity index (χ0) is 17.8. The number of amides is 1. The van der Waals surface area contributed by atoms with E-state index < -0.39 is 6.23 Å². The Kier molecular flexibility index (Phi) is 5.53. The number of para-hydroxylation sites is 1. The molecule has 1 atom stereocenters. The molecule has 2 heterocycles. The second kappa shape index (κ2) is 7.82. The van der Waals surface area contributed by atoms with Crippen LogP contribution in [0.1, 0.15) is 40.0 Å². The van der Waals surface area contributed by atoms with E-state index in [4.69, 9.17) is 4.74 Å². The molecular formula is C18H22N4O2S. The number of hydrogen-bond donors (Lipinski definition) is 0. The summed E-state index contributed by atoms with van der Waals surface area (Å²) in [6.45, 7) is 6.04. The lowest BCUT2D eigenvalue weighted by atomic mass is 10.1. The van der Waals surface area contributed by atoms with Gasteiger partial charge in [-0.3, -0.25) is 9.69 Å². The van der Waals surface area contributed by atoms with Crippen molar-refractivity contribution in [2.24, 2.45) is 0 Å². The van der Waals surface area contributed by atoms with Gasteiger partial charge in [-0.05, 0) is 18.2 Å². The van der Waals surface area contributed by atoms with Crippen molar-refractivity contribution in [2.45, 2.75) is 51.4 Å². The largest absolute Gasteiger partial charge is 0.451 e. The van der Waals surface area contributed by atoms with Gasteiger partial charge in [-0.25, -0.2) is 0 Å². The van der Waals surface area contributed by atoms with Crippen molar-refractivity contribution in [3.05, 3.63) is 24.3 Å². The minimum atomic E-state index is -0.405. The van der Waals surface area contributed by atoms with E-state index in [2.05, 4.69) is 15.2 Å². The standard InChI is InChI=1S/C18H22N4O2S/c1-4-9-14(23)22-13-11-8-7-10-12(13)16-17(24-15(22)5-2)19-18(21-20-16)25-6-3/h7-8,10-11,15H,4-6,9H2,1-3H3/t15-/m0/s1. The van der Waals surface area contributed by atoms with Gasteiger partial charge in [0.15, 0.2) is 11.9 Å².